The van der Waals surface area contributed by atoms with E-state index < -0.39 is 0 Å². The predicted octanol–water partition coefficient (Wildman–Crippen LogP) is 5.80. The third-order valence-electron chi connectivity index (χ3n) is 3.51. The van der Waals surface area contributed by atoms with E-state index in [1.165, 1.54) is 5.30 Å². The van der Waals surface area contributed by atoms with Crippen LogP contribution in [0.25, 0.3) is 0 Å². The summed E-state index contributed by atoms with van der Waals surface area (Å²) in [6, 6.07) is 8.58. The zero-order valence-electron chi connectivity index (χ0n) is 15.3. The maximum atomic E-state index is 8.63. The van der Waals surface area contributed by atoms with Gasteiger partial charge in [-0.15, -0.1) is 0 Å². The van der Waals surface area contributed by atoms with Gasteiger partial charge in [0, 0.05) is 16.7 Å². The molecule has 0 fully saturated rings. The minimum Gasteiger partial charge on any atom is -0.304 e. The molecule has 0 atom stereocenters. The Labute approximate surface area is 132 Å². The third-order valence-corrected chi connectivity index (χ3v) is 7.06. The fraction of sp³-hybridized carbons (Fsp3) is 0.632. The molecule has 2 heteroatoms. The predicted molar refractivity (Wildman–Crippen MR) is 98.8 cm³/mol. The molecule has 0 unspecified atom stereocenters. The standard InChI is InChI=1S/C19H32NP/c1-17(2,3)16(20)14-12-10-11-13-15(14)21(18(4,5)6)19(7,8)9/h10-13,20H,1-9H3. The van der Waals surface area contributed by atoms with E-state index >= 15 is 0 Å². The summed E-state index contributed by atoms with van der Waals surface area (Å²) < 4.78 is 0. The van der Waals surface area contributed by atoms with E-state index in [0.29, 0.717) is 0 Å². The van der Waals surface area contributed by atoms with Gasteiger partial charge < -0.3 is 5.41 Å². The van der Waals surface area contributed by atoms with Crippen LogP contribution in [0.15, 0.2) is 24.3 Å². The van der Waals surface area contributed by atoms with Gasteiger partial charge in [0.1, 0.15) is 0 Å². The average Bonchev–Trinajstić information content (AvgIpc) is 2.23. The van der Waals surface area contributed by atoms with Gasteiger partial charge in [-0.25, -0.2) is 0 Å². The van der Waals surface area contributed by atoms with Crippen molar-refractivity contribution in [3.05, 3.63) is 29.8 Å². The Bertz CT molecular complexity index is 496. The Balaban J connectivity index is 3.52. The Morgan fingerprint density at radius 2 is 1.24 bits per heavy atom. The lowest BCUT2D eigenvalue weighted by Crippen LogP contribution is -2.35. The van der Waals surface area contributed by atoms with Crippen LogP contribution in [0.5, 0.6) is 0 Å². The fourth-order valence-corrected chi connectivity index (χ4v) is 7.13. The first-order valence-corrected chi connectivity index (χ1v) is 9.09. The maximum absolute atomic E-state index is 8.63. The maximum Gasteiger partial charge on any atom is 0.0446 e. The normalized spacial score (nSPS) is 13.6. The summed E-state index contributed by atoms with van der Waals surface area (Å²) in [5, 5.41) is 10.5. The molecule has 0 saturated heterocycles. The highest BCUT2D eigenvalue weighted by atomic mass is 31.1. The van der Waals surface area contributed by atoms with Crippen LogP contribution in [0.1, 0.15) is 67.9 Å². The number of nitrogens with one attached hydrogen (secondary N) is 1. The van der Waals surface area contributed by atoms with Crippen LogP contribution in [-0.2, 0) is 0 Å². The van der Waals surface area contributed by atoms with E-state index in [1.54, 1.807) is 0 Å². The quantitative estimate of drug-likeness (QED) is 0.527. The van der Waals surface area contributed by atoms with Crippen LogP contribution in [0.2, 0.25) is 0 Å². The monoisotopic (exact) mass is 305 g/mol. The number of hydrogen-bond acceptors (Lipinski definition) is 1. The highest BCUT2D eigenvalue weighted by Gasteiger charge is 2.37. The molecule has 0 aliphatic heterocycles. The van der Waals surface area contributed by atoms with Gasteiger partial charge in [-0.3, -0.25) is 0 Å². The lowest BCUT2D eigenvalue weighted by Gasteiger charge is -2.43. The molecule has 0 aliphatic rings. The summed E-state index contributed by atoms with van der Waals surface area (Å²) in [4.78, 5) is 0. The van der Waals surface area contributed by atoms with Crippen LogP contribution in [0.4, 0.5) is 0 Å². The Morgan fingerprint density at radius 3 is 1.62 bits per heavy atom. The molecule has 1 rings (SSSR count). The van der Waals surface area contributed by atoms with E-state index in [1.807, 2.05) is 0 Å². The molecule has 0 spiro atoms. The number of benzene rings is 1. The zero-order valence-corrected chi connectivity index (χ0v) is 16.2. The van der Waals surface area contributed by atoms with Gasteiger partial charge in [-0.05, 0) is 15.6 Å². The van der Waals surface area contributed by atoms with Gasteiger partial charge in [0.25, 0.3) is 0 Å². The summed E-state index contributed by atoms with van der Waals surface area (Å²) in [6.45, 7) is 20.4. The van der Waals surface area contributed by atoms with Crippen molar-refractivity contribution in [2.24, 2.45) is 5.41 Å². The van der Waals surface area contributed by atoms with Gasteiger partial charge in [0.15, 0.2) is 0 Å². The van der Waals surface area contributed by atoms with Crippen molar-refractivity contribution < 1.29 is 0 Å². The zero-order chi connectivity index (χ0) is 16.6. The molecule has 0 saturated carbocycles. The van der Waals surface area contributed by atoms with Crippen molar-refractivity contribution in [2.75, 3.05) is 0 Å². The summed E-state index contributed by atoms with van der Waals surface area (Å²) in [7, 11) is -0.379. The second kappa shape index (κ2) is 5.84. The molecule has 1 nitrogen and oxygen atoms in total. The van der Waals surface area contributed by atoms with Crippen LogP contribution in [0, 0.1) is 10.8 Å². The molecule has 0 radical (unpaired) electrons. The average molecular weight is 305 g/mol. The molecule has 0 aliphatic carbocycles. The molecule has 0 amide bonds. The van der Waals surface area contributed by atoms with Crippen molar-refractivity contribution in [3.8, 4) is 0 Å². The van der Waals surface area contributed by atoms with Gasteiger partial charge in [-0.2, -0.15) is 0 Å². The van der Waals surface area contributed by atoms with E-state index in [0.717, 1.165) is 11.3 Å². The van der Waals surface area contributed by atoms with E-state index in [2.05, 4.69) is 86.6 Å². The molecule has 1 aromatic rings. The van der Waals surface area contributed by atoms with Crippen LogP contribution in [0.3, 0.4) is 0 Å². The van der Waals surface area contributed by atoms with Gasteiger partial charge in [0.2, 0.25) is 0 Å². The van der Waals surface area contributed by atoms with Crippen molar-refractivity contribution >= 4 is 18.9 Å². The molecule has 0 bridgehead atoms. The molecule has 0 aromatic heterocycles. The van der Waals surface area contributed by atoms with E-state index in [9.17, 15) is 0 Å². The molecule has 0 heterocycles. The van der Waals surface area contributed by atoms with Crippen LogP contribution in [-0.4, -0.2) is 16.0 Å². The first-order valence-electron chi connectivity index (χ1n) is 7.75. The minimum atomic E-state index is -0.379. The lowest BCUT2D eigenvalue weighted by molar-refractivity contribution is 0.589. The summed E-state index contributed by atoms with van der Waals surface area (Å²) in [6.07, 6.45) is 0. The molecule has 21 heavy (non-hydrogen) atoms. The molecular weight excluding hydrogens is 273 g/mol. The molecule has 118 valence electrons. The first-order chi connectivity index (χ1) is 9.26. The summed E-state index contributed by atoms with van der Waals surface area (Å²) in [5.41, 5.74) is 1.77. The van der Waals surface area contributed by atoms with Crippen molar-refractivity contribution in [1.29, 1.82) is 5.41 Å². The summed E-state index contributed by atoms with van der Waals surface area (Å²) in [5.74, 6) is 0. The Kier molecular flexibility index (Phi) is 5.11. The van der Waals surface area contributed by atoms with Crippen molar-refractivity contribution in [3.63, 3.8) is 0 Å². The largest absolute Gasteiger partial charge is 0.304 e. The Morgan fingerprint density at radius 1 is 0.810 bits per heavy atom. The smallest absolute Gasteiger partial charge is 0.0446 e. The van der Waals surface area contributed by atoms with E-state index in [4.69, 9.17) is 5.41 Å². The molecule has 1 aromatic carbocycles. The van der Waals surface area contributed by atoms with Crippen molar-refractivity contribution in [1.82, 2.24) is 0 Å². The Hall–Kier alpha value is -0.680. The fourth-order valence-electron chi connectivity index (χ4n) is 3.01. The van der Waals surface area contributed by atoms with Crippen LogP contribution >= 0.6 is 7.92 Å². The highest BCUT2D eigenvalue weighted by Crippen LogP contribution is 2.58. The summed E-state index contributed by atoms with van der Waals surface area (Å²) >= 11 is 0. The van der Waals surface area contributed by atoms with Crippen molar-refractivity contribution in [2.45, 2.75) is 72.6 Å². The third kappa shape index (κ3) is 4.39. The second-order valence-corrected chi connectivity index (χ2v) is 12.7. The minimum absolute atomic E-state index is 0.118. The molecule has 1 N–H and O–H groups in total. The second-order valence-electron chi connectivity index (χ2n) is 8.82. The highest BCUT2D eigenvalue weighted by molar-refractivity contribution is 7.68. The van der Waals surface area contributed by atoms with Crippen LogP contribution < -0.4 is 5.30 Å². The van der Waals surface area contributed by atoms with Gasteiger partial charge >= 0.3 is 0 Å². The van der Waals surface area contributed by atoms with Gasteiger partial charge in [-0.1, -0.05) is 94.5 Å². The number of rotatable bonds is 2. The number of hydrogen-bond donors (Lipinski definition) is 1. The van der Waals surface area contributed by atoms with E-state index in [-0.39, 0.29) is 23.6 Å². The first kappa shape index (κ1) is 18.4. The van der Waals surface area contributed by atoms with Gasteiger partial charge in [0.05, 0.1) is 0 Å². The molecular formula is C19H32NP. The SMILES string of the molecule is CC(C)(C)C(=N)c1ccccc1P(C(C)(C)C)C(C)(C)C. The lowest BCUT2D eigenvalue weighted by atomic mass is 9.86. The topological polar surface area (TPSA) is 23.9 Å².